The second-order valence-corrected chi connectivity index (χ2v) is 6.31. The van der Waals surface area contributed by atoms with Crippen LogP contribution in [-0.2, 0) is 4.74 Å². The monoisotopic (exact) mass is 341 g/mol. The van der Waals surface area contributed by atoms with E-state index in [4.69, 9.17) is 27.3 Å². The summed E-state index contributed by atoms with van der Waals surface area (Å²) in [4.78, 5) is 6.89. The number of aliphatic hydroxyl groups is 2. The minimum Gasteiger partial charge on any atom is -0.411 e. The van der Waals surface area contributed by atoms with Crippen LogP contribution >= 0.6 is 11.6 Å². The van der Waals surface area contributed by atoms with Crippen molar-refractivity contribution in [1.82, 2.24) is 14.5 Å². The van der Waals surface area contributed by atoms with E-state index in [-0.39, 0.29) is 12.4 Å². The lowest BCUT2D eigenvalue weighted by Crippen LogP contribution is -2.39. The van der Waals surface area contributed by atoms with E-state index in [9.17, 15) is 10.2 Å². The Balaban J connectivity index is 2.19. The number of nitrogens with zero attached hydrogens (tertiary/aromatic N) is 4. The molecule has 4 atom stereocenters. The van der Waals surface area contributed by atoms with E-state index in [0.717, 1.165) is 0 Å². The van der Waals surface area contributed by atoms with Gasteiger partial charge in [0, 0.05) is 11.8 Å². The molecule has 1 aliphatic heterocycles. The number of aromatic nitrogens is 3. The van der Waals surface area contributed by atoms with Crippen molar-refractivity contribution in [3.05, 3.63) is 18.1 Å². The van der Waals surface area contributed by atoms with Crippen LogP contribution in [0.5, 0.6) is 0 Å². The van der Waals surface area contributed by atoms with Crippen LogP contribution in [-0.4, -0.2) is 59.9 Å². The fraction of sp³-hybridized carbons (Fsp3) is 0.462. The highest BCUT2D eigenvalue weighted by Gasteiger charge is 2.53. The van der Waals surface area contributed by atoms with E-state index < -0.39 is 23.3 Å². The summed E-state index contributed by atoms with van der Waals surface area (Å²) in [6, 6.07) is 0. The Hall–Kier alpha value is -1.94. The van der Waals surface area contributed by atoms with E-state index in [0.29, 0.717) is 16.6 Å². The molecule has 2 unspecified atom stereocenters. The SMILES string of the molecule is C[C@@]1(Cl)C(O)C(CO)O[C@H]1n1cc(C=NO)c2c(N)ncnc21. The van der Waals surface area contributed by atoms with Crippen LogP contribution in [0.15, 0.2) is 17.7 Å². The lowest BCUT2D eigenvalue weighted by molar-refractivity contribution is -0.0439. The van der Waals surface area contributed by atoms with Gasteiger partial charge in [-0.15, -0.1) is 11.6 Å². The number of aliphatic hydroxyl groups excluding tert-OH is 2. The summed E-state index contributed by atoms with van der Waals surface area (Å²) in [5.74, 6) is 0.206. The minimum absolute atomic E-state index is 0.206. The van der Waals surface area contributed by atoms with E-state index in [1.165, 1.54) is 12.5 Å². The third kappa shape index (κ3) is 2.32. The average Bonchev–Trinajstić information content (AvgIpc) is 2.97. The van der Waals surface area contributed by atoms with Crippen molar-refractivity contribution in [1.29, 1.82) is 0 Å². The number of halogens is 1. The lowest BCUT2D eigenvalue weighted by atomic mass is 10.0. The fourth-order valence-electron chi connectivity index (χ4n) is 2.84. The van der Waals surface area contributed by atoms with E-state index >= 15 is 0 Å². The molecule has 9 nitrogen and oxygen atoms in total. The van der Waals surface area contributed by atoms with Crippen LogP contribution in [0.2, 0.25) is 0 Å². The number of nitrogens with two attached hydrogens (primary N) is 1. The summed E-state index contributed by atoms with van der Waals surface area (Å²) in [6.45, 7) is 1.23. The standard InChI is InChI=1S/C13H16ClN5O4/c1-13(14)9(21)7(4-20)23-12(13)19-3-6(2-18-22)8-10(15)16-5-17-11(8)19/h2-3,5,7,9,12,20-22H,4H2,1H3,(H2,15,16,17)/t7?,9?,12-,13-/m1/s1. The number of ether oxygens (including phenoxy) is 1. The van der Waals surface area contributed by atoms with Gasteiger partial charge in [0.2, 0.25) is 0 Å². The van der Waals surface area contributed by atoms with Crippen molar-refractivity contribution in [3.8, 4) is 0 Å². The highest BCUT2D eigenvalue weighted by molar-refractivity contribution is 6.24. The number of alkyl halides is 1. The van der Waals surface area contributed by atoms with Gasteiger partial charge in [-0.05, 0) is 6.92 Å². The van der Waals surface area contributed by atoms with Crippen LogP contribution in [0.3, 0.4) is 0 Å². The van der Waals surface area contributed by atoms with Crippen LogP contribution in [0, 0.1) is 0 Å². The molecule has 10 heteroatoms. The Kier molecular flexibility index (Phi) is 3.88. The first-order valence-corrected chi connectivity index (χ1v) is 7.21. The summed E-state index contributed by atoms with van der Waals surface area (Å²) in [7, 11) is 0. The van der Waals surface area contributed by atoms with Crippen LogP contribution < -0.4 is 5.73 Å². The smallest absolute Gasteiger partial charge is 0.157 e. The molecule has 3 heterocycles. The molecule has 0 saturated carbocycles. The topological polar surface area (TPSA) is 139 Å². The van der Waals surface area contributed by atoms with Gasteiger partial charge in [-0.3, -0.25) is 0 Å². The van der Waals surface area contributed by atoms with Crippen molar-refractivity contribution in [2.75, 3.05) is 12.3 Å². The first-order valence-electron chi connectivity index (χ1n) is 6.83. The Morgan fingerprint density at radius 2 is 2.30 bits per heavy atom. The summed E-state index contributed by atoms with van der Waals surface area (Å²) >= 11 is 6.45. The molecule has 0 aromatic carbocycles. The zero-order valence-electron chi connectivity index (χ0n) is 12.2. The van der Waals surface area contributed by atoms with Gasteiger partial charge in [-0.25, -0.2) is 9.97 Å². The average molecular weight is 342 g/mol. The van der Waals surface area contributed by atoms with Crippen LogP contribution in [0.1, 0.15) is 18.7 Å². The van der Waals surface area contributed by atoms with Crippen LogP contribution in [0.4, 0.5) is 5.82 Å². The Morgan fingerprint density at radius 1 is 1.57 bits per heavy atom. The van der Waals surface area contributed by atoms with E-state index in [2.05, 4.69) is 15.1 Å². The quantitative estimate of drug-likeness (QED) is 0.268. The van der Waals surface area contributed by atoms with Crippen molar-refractivity contribution in [3.63, 3.8) is 0 Å². The number of nitrogen functional groups attached to an aromatic ring is 1. The molecule has 1 fully saturated rings. The molecule has 2 aromatic rings. The highest BCUT2D eigenvalue weighted by Crippen LogP contribution is 2.44. The Morgan fingerprint density at radius 3 is 2.91 bits per heavy atom. The minimum atomic E-state index is -1.20. The molecule has 0 radical (unpaired) electrons. The number of fused-ring (bicyclic) bond motifs is 1. The predicted octanol–water partition coefficient (Wildman–Crippen LogP) is 0.0697. The number of hydrogen-bond donors (Lipinski definition) is 4. The summed E-state index contributed by atoms with van der Waals surface area (Å²) in [5.41, 5.74) is 6.76. The third-order valence-electron chi connectivity index (χ3n) is 4.01. The maximum Gasteiger partial charge on any atom is 0.157 e. The van der Waals surface area contributed by atoms with Crippen molar-refractivity contribution < 1.29 is 20.2 Å². The Labute approximate surface area is 136 Å². The zero-order chi connectivity index (χ0) is 16.8. The zero-order valence-corrected chi connectivity index (χ0v) is 12.9. The normalized spacial score (nSPS) is 31.4. The maximum atomic E-state index is 10.2. The van der Waals surface area contributed by atoms with Crippen LogP contribution in [0.25, 0.3) is 11.0 Å². The molecule has 0 bridgehead atoms. The molecule has 1 aliphatic rings. The third-order valence-corrected chi connectivity index (χ3v) is 4.42. The molecule has 3 rings (SSSR count). The van der Waals surface area contributed by atoms with Crippen molar-refractivity contribution in [2.45, 2.75) is 30.2 Å². The molecule has 0 aliphatic carbocycles. The highest BCUT2D eigenvalue weighted by atomic mass is 35.5. The molecule has 124 valence electrons. The summed E-state index contributed by atoms with van der Waals surface area (Å²) < 4.78 is 7.27. The number of hydrogen-bond acceptors (Lipinski definition) is 8. The van der Waals surface area contributed by atoms with Gasteiger partial charge in [-0.2, -0.15) is 0 Å². The largest absolute Gasteiger partial charge is 0.411 e. The number of rotatable bonds is 3. The van der Waals surface area contributed by atoms with Gasteiger partial charge in [0.25, 0.3) is 0 Å². The Bertz CT molecular complexity index is 762. The number of oxime groups is 1. The van der Waals surface area contributed by atoms with Gasteiger partial charge >= 0.3 is 0 Å². The van der Waals surface area contributed by atoms with Gasteiger partial charge in [0.1, 0.15) is 34.9 Å². The van der Waals surface area contributed by atoms with E-state index in [1.807, 2.05) is 0 Å². The lowest BCUT2D eigenvalue weighted by Gasteiger charge is -2.26. The molecule has 23 heavy (non-hydrogen) atoms. The van der Waals surface area contributed by atoms with Crippen molar-refractivity contribution in [2.24, 2.45) is 5.16 Å². The fourth-order valence-corrected chi connectivity index (χ4v) is 3.14. The van der Waals surface area contributed by atoms with Gasteiger partial charge in [-0.1, -0.05) is 5.16 Å². The molecule has 2 aromatic heterocycles. The van der Waals surface area contributed by atoms with E-state index in [1.54, 1.807) is 17.7 Å². The molecule has 5 N–H and O–H groups in total. The predicted molar refractivity (Wildman–Crippen MR) is 82.6 cm³/mol. The first-order chi connectivity index (χ1) is 10.9. The molecule has 0 spiro atoms. The molecule has 1 saturated heterocycles. The molecule has 0 amide bonds. The summed E-state index contributed by atoms with van der Waals surface area (Å²) in [6.07, 6.45) is 1.36. The molecular weight excluding hydrogens is 326 g/mol. The first kappa shape index (κ1) is 15.9. The second-order valence-electron chi connectivity index (χ2n) is 5.50. The maximum absolute atomic E-state index is 10.2. The number of anilines is 1. The molecular formula is C13H16ClN5O4. The van der Waals surface area contributed by atoms with Gasteiger partial charge < -0.3 is 30.5 Å². The van der Waals surface area contributed by atoms with Gasteiger partial charge in [0.15, 0.2) is 6.23 Å². The van der Waals surface area contributed by atoms with Crippen molar-refractivity contribution >= 4 is 34.7 Å². The summed E-state index contributed by atoms with van der Waals surface area (Å²) in [5, 5.41) is 31.9. The second kappa shape index (κ2) is 5.60. The van der Waals surface area contributed by atoms with Gasteiger partial charge in [0.05, 0.1) is 18.2 Å².